The topological polar surface area (TPSA) is 12.0 Å². The Hall–Kier alpha value is -0.250. The van der Waals surface area contributed by atoms with Crippen molar-refractivity contribution in [1.82, 2.24) is 5.32 Å². The highest BCUT2D eigenvalue weighted by molar-refractivity contribution is 4.91. The second kappa shape index (κ2) is 6.07. The third-order valence-electron chi connectivity index (χ3n) is 3.94. The SMILES string of the molecule is CCCNC(CCC(F)(F)F)C1(C)CCCC1. The molecule has 1 saturated carbocycles. The Bertz CT molecular complexity index is 219. The van der Waals surface area contributed by atoms with E-state index in [2.05, 4.69) is 12.2 Å². The maximum atomic E-state index is 12.3. The summed E-state index contributed by atoms with van der Waals surface area (Å²) in [5.41, 5.74) is 0.0699. The first-order valence-electron chi connectivity index (χ1n) is 6.67. The minimum atomic E-state index is -4.03. The van der Waals surface area contributed by atoms with Gasteiger partial charge in [-0.05, 0) is 37.6 Å². The molecular weight excluding hydrogens is 227 g/mol. The van der Waals surface area contributed by atoms with Crippen molar-refractivity contribution >= 4 is 0 Å². The standard InChI is InChI=1S/C13H24F3N/c1-3-10-17-11(6-9-13(14,15)16)12(2)7-4-5-8-12/h11,17H,3-10H2,1-2H3. The van der Waals surface area contributed by atoms with Crippen LogP contribution in [0.25, 0.3) is 0 Å². The monoisotopic (exact) mass is 251 g/mol. The van der Waals surface area contributed by atoms with Gasteiger partial charge in [-0.15, -0.1) is 0 Å². The van der Waals surface area contributed by atoms with Crippen LogP contribution in [0.2, 0.25) is 0 Å². The first-order valence-corrected chi connectivity index (χ1v) is 6.67. The van der Waals surface area contributed by atoms with Crippen LogP contribution in [0.3, 0.4) is 0 Å². The van der Waals surface area contributed by atoms with Crippen LogP contribution in [-0.4, -0.2) is 18.8 Å². The zero-order chi connectivity index (χ0) is 12.9. The van der Waals surface area contributed by atoms with E-state index in [1.54, 1.807) is 0 Å². The summed E-state index contributed by atoms with van der Waals surface area (Å²) in [5.74, 6) is 0. The van der Waals surface area contributed by atoms with Gasteiger partial charge in [0, 0.05) is 12.5 Å². The molecule has 1 atom stereocenters. The van der Waals surface area contributed by atoms with Gasteiger partial charge >= 0.3 is 6.18 Å². The Balaban J connectivity index is 2.53. The molecule has 1 N–H and O–H groups in total. The van der Waals surface area contributed by atoms with Gasteiger partial charge in [-0.3, -0.25) is 0 Å². The molecule has 0 aromatic carbocycles. The summed E-state index contributed by atoms with van der Waals surface area (Å²) < 4.78 is 37.0. The highest BCUT2D eigenvalue weighted by Gasteiger charge is 2.38. The van der Waals surface area contributed by atoms with E-state index >= 15 is 0 Å². The lowest BCUT2D eigenvalue weighted by atomic mass is 9.78. The molecule has 0 aromatic rings. The van der Waals surface area contributed by atoms with Crippen molar-refractivity contribution in [3.05, 3.63) is 0 Å². The van der Waals surface area contributed by atoms with E-state index in [0.29, 0.717) is 0 Å². The van der Waals surface area contributed by atoms with E-state index < -0.39 is 12.6 Å². The van der Waals surface area contributed by atoms with Crippen molar-refractivity contribution in [2.45, 2.75) is 71.0 Å². The number of hydrogen-bond acceptors (Lipinski definition) is 1. The molecule has 0 heterocycles. The Morgan fingerprint density at radius 3 is 2.29 bits per heavy atom. The van der Waals surface area contributed by atoms with Crippen LogP contribution in [0.15, 0.2) is 0 Å². The van der Waals surface area contributed by atoms with Crippen LogP contribution >= 0.6 is 0 Å². The Labute approximate surface area is 102 Å². The molecule has 17 heavy (non-hydrogen) atoms. The maximum absolute atomic E-state index is 12.3. The molecule has 1 nitrogen and oxygen atoms in total. The molecule has 0 saturated heterocycles. The molecule has 1 aliphatic rings. The van der Waals surface area contributed by atoms with Gasteiger partial charge in [0.2, 0.25) is 0 Å². The molecule has 0 aliphatic heterocycles. The van der Waals surface area contributed by atoms with Crippen LogP contribution in [0.5, 0.6) is 0 Å². The highest BCUT2D eigenvalue weighted by Crippen LogP contribution is 2.42. The minimum absolute atomic E-state index is 0.0200. The van der Waals surface area contributed by atoms with E-state index in [0.717, 1.165) is 38.6 Å². The fourth-order valence-corrected chi connectivity index (χ4v) is 2.85. The number of nitrogens with one attached hydrogen (secondary N) is 1. The van der Waals surface area contributed by atoms with Crippen molar-refractivity contribution in [1.29, 1.82) is 0 Å². The molecule has 1 fully saturated rings. The normalized spacial score (nSPS) is 21.7. The predicted octanol–water partition coefficient (Wildman–Crippen LogP) is 4.28. The van der Waals surface area contributed by atoms with Crippen LogP contribution in [-0.2, 0) is 0 Å². The van der Waals surface area contributed by atoms with E-state index in [9.17, 15) is 13.2 Å². The molecule has 0 radical (unpaired) electrons. The highest BCUT2D eigenvalue weighted by atomic mass is 19.4. The van der Waals surface area contributed by atoms with Crippen molar-refractivity contribution in [3.8, 4) is 0 Å². The predicted molar refractivity (Wildman–Crippen MR) is 63.9 cm³/mol. The van der Waals surface area contributed by atoms with Gasteiger partial charge in [0.1, 0.15) is 0 Å². The quantitative estimate of drug-likeness (QED) is 0.743. The van der Waals surface area contributed by atoms with Crippen molar-refractivity contribution in [2.24, 2.45) is 5.41 Å². The molecule has 0 aromatic heterocycles. The van der Waals surface area contributed by atoms with E-state index in [1.165, 1.54) is 0 Å². The van der Waals surface area contributed by atoms with Crippen molar-refractivity contribution in [3.63, 3.8) is 0 Å². The molecule has 4 heteroatoms. The number of halogens is 3. The fraction of sp³-hybridized carbons (Fsp3) is 1.00. The van der Waals surface area contributed by atoms with E-state index in [-0.39, 0.29) is 17.9 Å². The van der Waals surface area contributed by atoms with E-state index in [1.807, 2.05) is 6.92 Å². The minimum Gasteiger partial charge on any atom is -0.313 e. The molecule has 1 unspecified atom stereocenters. The van der Waals surface area contributed by atoms with Gasteiger partial charge in [-0.2, -0.15) is 13.2 Å². The third kappa shape index (κ3) is 4.86. The lowest BCUT2D eigenvalue weighted by molar-refractivity contribution is -0.138. The molecule has 102 valence electrons. The number of hydrogen-bond donors (Lipinski definition) is 1. The summed E-state index contributed by atoms with van der Waals surface area (Å²) in [6.45, 7) is 5.01. The van der Waals surface area contributed by atoms with Crippen molar-refractivity contribution in [2.75, 3.05) is 6.54 Å². The summed E-state index contributed by atoms with van der Waals surface area (Å²) >= 11 is 0. The molecule has 0 amide bonds. The average Bonchev–Trinajstić information content (AvgIpc) is 2.64. The first-order chi connectivity index (χ1) is 7.87. The zero-order valence-corrected chi connectivity index (χ0v) is 10.9. The zero-order valence-electron chi connectivity index (χ0n) is 10.9. The van der Waals surface area contributed by atoms with Gasteiger partial charge < -0.3 is 5.32 Å². The Morgan fingerprint density at radius 1 is 1.24 bits per heavy atom. The van der Waals surface area contributed by atoms with Gasteiger partial charge in [0.15, 0.2) is 0 Å². The second-order valence-electron chi connectivity index (χ2n) is 5.52. The first kappa shape index (κ1) is 14.8. The van der Waals surface area contributed by atoms with Crippen LogP contribution in [0.1, 0.15) is 58.8 Å². The smallest absolute Gasteiger partial charge is 0.313 e. The van der Waals surface area contributed by atoms with Crippen LogP contribution in [0, 0.1) is 5.41 Å². The summed E-state index contributed by atoms with van der Waals surface area (Å²) in [6.07, 6.45) is 0.946. The Kier molecular flexibility index (Phi) is 5.29. The van der Waals surface area contributed by atoms with E-state index in [4.69, 9.17) is 0 Å². The molecule has 0 spiro atoms. The largest absolute Gasteiger partial charge is 0.389 e. The van der Waals surface area contributed by atoms with Crippen LogP contribution < -0.4 is 5.32 Å². The van der Waals surface area contributed by atoms with Gasteiger partial charge in [0.25, 0.3) is 0 Å². The summed E-state index contributed by atoms with van der Waals surface area (Å²) in [4.78, 5) is 0. The summed E-state index contributed by atoms with van der Waals surface area (Å²) in [5, 5.41) is 3.32. The number of alkyl halides is 3. The van der Waals surface area contributed by atoms with Gasteiger partial charge in [0.05, 0.1) is 0 Å². The van der Waals surface area contributed by atoms with Crippen LogP contribution in [0.4, 0.5) is 13.2 Å². The second-order valence-corrected chi connectivity index (χ2v) is 5.52. The molecule has 0 bridgehead atoms. The maximum Gasteiger partial charge on any atom is 0.389 e. The molecule has 1 rings (SSSR count). The fourth-order valence-electron chi connectivity index (χ4n) is 2.85. The van der Waals surface area contributed by atoms with Crippen molar-refractivity contribution < 1.29 is 13.2 Å². The summed E-state index contributed by atoms with van der Waals surface area (Å²) in [6, 6.07) is 0.0200. The molecular formula is C13H24F3N. The Morgan fingerprint density at radius 2 is 1.82 bits per heavy atom. The van der Waals surface area contributed by atoms with Gasteiger partial charge in [-0.25, -0.2) is 0 Å². The number of rotatable bonds is 6. The molecule has 1 aliphatic carbocycles. The third-order valence-corrected chi connectivity index (χ3v) is 3.94. The average molecular weight is 251 g/mol. The van der Waals surface area contributed by atoms with Gasteiger partial charge in [-0.1, -0.05) is 26.7 Å². The summed E-state index contributed by atoms with van der Waals surface area (Å²) in [7, 11) is 0. The lowest BCUT2D eigenvalue weighted by Crippen LogP contribution is -2.43. The lowest BCUT2D eigenvalue weighted by Gasteiger charge is -2.35.